The van der Waals surface area contributed by atoms with Gasteiger partial charge in [-0.2, -0.15) is 5.10 Å². The monoisotopic (exact) mass is 364 g/mol. The summed E-state index contributed by atoms with van der Waals surface area (Å²) < 4.78 is 13.1. The number of hydrogen-bond donors (Lipinski definition) is 1. The van der Waals surface area contributed by atoms with Crippen LogP contribution in [0.1, 0.15) is 28.6 Å². The van der Waals surface area contributed by atoms with Gasteiger partial charge in [0.1, 0.15) is 11.9 Å². The van der Waals surface area contributed by atoms with Crippen molar-refractivity contribution in [3.63, 3.8) is 0 Å². The average molecular weight is 364 g/mol. The van der Waals surface area contributed by atoms with Gasteiger partial charge in [0.15, 0.2) is 0 Å². The third-order valence-corrected chi connectivity index (χ3v) is 4.73. The lowest BCUT2D eigenvalue weighted by molar-refractivity contribution is 0.0393. The van der Waals surface area contributed by atoms with Gasteiger partial charge in [0, 0.05) is 25.5 Å². The molecule has 0 bridgehead atoms. The molecule has 6 nitrogen and oxygen atoms in total. The molecule has 1 aliphatic rings. The molecule has 3 heterocycles. The van der Waals surface area contributed by atoms with Crippen LogP contribution in [0.4, 0.5) is 0 Å². The fraction of sp³-hybridized carbons (Fsp3) is 0.333. The second-order valence-electron chi connectivity index (χ2n) is 6.65. The number of benzene rings is 1. The van der Waals surface area contributed by atoms with Gasteiger partial charge in [-0.15, -0.1) is 0 Å². The minimum absolute atomic E-state index is 0.0167. The van der Waals surface area contributed by atoms with Crippen LogP contribution in [-0.4, -0.2) is 35.0 Å². The molecule has 0 aliphatic carbocycles. The van der Waals surface area contributed by atoms with Crippen molar-refractivity contribution in [2.45, 2.75) is 25.6 Å². The van der Waals surface area contributed by atoms with E-state index < -0.39 is 0 Å². The SMILES string of the molecule is COc1ccc(CNC[C@@H]2OCCc3cn(Cc4ccccn4)nc32)cc1. The van der Waals surface area contributed by atoms with Crippen LogP contribution in [0.2, 0.25) is 0 Å². The van der Waals surface area contributed by atoms with Gasteiger partial charge in [-0.05, 0) is 41.8 Å². The first-order valence-electron chi connectivity index (χ1n) is 9.23. The molecule has 140 valence electrons. The number of nitrogens with one attached hydrogen (secondary N) is 1. The zero-order valence-electron chi connectivity index (χ0n) is 15.5. The maximum atomic E-state index is 5.97. The molecule has 27 heavy (non-hydrogen) atoms. The Labute approximate surface area is 159 Å². The van der Waals surface area contributed by atoms with Crippen molar-refractivity contribution in [1.29, 1.82) is 0 Å². The molecular weight excluding hydrogens is 340 g/mol. The summed E-state index contributed by atoms with van der Waals surface area (Å²) in [5.41, 5.74) is 4.54. The van der Waals surface area contributed by atoms with E-state index in [0.29, 0.717) is 6.54 Å². The smallest absolute Gasteiger partial charge is 0.118 e. The van der Waals surface area contributed by atoms with E-state index in [2.05, 4.69) is 28.6 Å². The molecule has 0 unspecified atom stereocenters. The van der Waals surface area contributed by atoms with Crippen molar-refractivity contribution < 1.29 is 9.47 Å². The zero-order valence-corrected chi connectivity index (χ0v) is 15.5. The van der Waals surface area contributed by atoms with Crippen LogP contribution in [0.3, 0.4) is 0 Å². The lowest BCUT2D eigenvalue weighted by Crippen LogP contribution is -2.27. The molecular formula is C21H24N4O2. The van der Waals surface area contributed by atoms with Crippen LogP contribution < -0.4 is 10.1 Å². The van der Waals surface area contributed by atoms with E-state index in [4.69, 9.17) is 14.6 Å². The first-order valence-corrected chi connectivity index (χ1v) is 9.23. The standard InChI is InChI=1S/C21H24N4O2/c1-26-19-7-5-16(6-8-19)12-22-13-20-21-17(9-11-27-20)14-25(24-21)15-18-4-2-3-10-23-18/h2-8,10,14,20,22H,9,11-13,15H2,1H3/t20-/m0/s1. The summed E-state index contributed by atoms with van der Waals surface area (Å²) >= 11 is 0. The summed E-state index contributed by atoms with van der Waals surface area (Å²) in [4.78, 5) is 4.38. The summed E-state index contributed by atoms with van der Waals surface area (Å²) in [6.07, 6.45) is 4.83. The second-order valence-corrected chi connectivity index (χ2v) is 6.65. The number of nitrogens with zero attached hydrogens (tertiary/aromatic N) is 3. The molecule has 0 spiro atoms. The highest BCUT2D eigenvalue weighted by Gasteiger charge is 2.24. The minimum Gasteiger partial charge on any atom is -0.497 e. The zero-order chi connectivity index (χ0) is 18.5. The van der Waals surface area contributed by atoms with Crippen molar-refractivity contribution in [2.75, 3.05) is 20.3 Å². The first kappa shape index (κ1) is 17.7. The predicted molar refractivity (Wildman–Crippen MR) is 103 cm³/mol. The van der Waals surface area contributed by atoms with Crippen molar-refractivity contribution >= 4 is 0 Å². The fourth-order valence-corrected chi connectivity index (χ4v) is 3.32. The first-order chi connectivity index (χ1) is 13.3. The number of hydrogen-bond acceptors (Lipinski definition) is 5. The summed E-state index contributed by atoms with van der Waals surface area (Å²) in [7, 11) is 1.68. The fourth-order valence-electron chi connectivity index (χ4n) is 3.32. The molecule has 3 aromatic rings. The Morgan fingerprint density at radius 1 is 1.22 bits per heavy atom. The van der Waals surface area contributed by atoms with E-state index in [1.165, 1.54) is 11.1 Å². The Hall–Kier alpha value is -2.70. The molecule has 0 radical (unpaired) electrons. The molecule has 1 atom stereocenters. The van der Waals surface area contributed by atoms with E-state index in [0.717, 1.165) is 43.3 Å². The lowest BCUT2D eigenvalue weighted by Gasteiger charge is -2.22. The molecule has 1 N–H and O–H groups in total. The average Bonchev–Trinajstić information content (AvgIpc) is 3.12. The summed E-state index contributed by atoms with van der Waals surface area (Å²) in [6.45, 7) is 2.93. The number of methoxy groups -OCH3 is 1. The number of rotatable bonds is 7. The highest BCUT2D eigenvalue weighted by molar-refractivity contribution is 5.27. The van der Waals surface area contributed by atoms with Gasteiger partial charge >= 0.3 is 0 Å². The van der Waals surface area contributed by atoms with Gasteiger partial charge in [-0.25, -0.2) is 0 Å². The predicted octanol–water partition coefficient (Wildman–Crippen LogP) is 2.74. The maximum absolute atomic E-state index is 5.97. The minimum atomic E-state index is -0.0167. The van der Waals surface area contributed by atoms with E-state index >= 15 is 0 Å². The Bertz CT molecular complexity index is 862. The van der Waals surface area contributed by atoms with E-state index in [1.807, 2.05) is 41.2 Å². The van der Waals surface area contributed by atoms with Gasteiger partial charge in [0.25, 0.3) is 0 Å². The highest BCUT2D eigenvalue weighted by atomic mass is 16.5. The lowest BCUT2D eigenvalue weighted by atomic mass is 10.1. The van der Waals surface area contributed by atoms with E-state index in [-0.39, 0.29) is 6.10 Å². The van der Waals surface area contributed by atoms with Crippen LogP contribution >= 0.6 is 0 Å². The summed E-state index contributed by atoms with van der Waals surface area (Å²) in [5, 5.41) is 8.25. The molecule has 1 aliphatic heterocycles. The molecule has 2 aromatic heterocycles. The number of aromatic nitrogens is 3. The van der Waals surface area contributed by atoms with Gasteiger partial charge < -0.3 is 14.8 Å². The maximum Gasteiger partial charge on any atom is 0.118 e. The number of fused-ring (bicyclic) bond motifs is 1. The molecule has 4 rings (SSSR count). The van der Waals surface area contributed by atoms with Crippen molar-refractivity contribution in [3.8, 4) is 5.75 Å². The largest absolute Gasteiger partial charge is 0.497 e. The Kier molecular flexibility index (Phi) is 5.46. The Morgan fingerprint density at radius 3 is 2.89 bits per heavy atom. The second kappa shape index (κ2) is 8.33. The molecule has 0 amide bonds. The summed E-state index contributed by atoms with van der Waals surface area (Å²) in [5.74, 6) is 0.873. The Morgan fingerprint density at radius 2 is 2.11 bits per heavy atom. The molecule has 0 saturated carbocycles. The third kappa shape index (κ3) is 4.35. The normalized spacial score (nSPS) is 16.1. The molecule has 0 fully saturated rings. The topological polar surface area (TPSA) is 61.2 Å². The van der Waals surface area contributed by atoms with Crippen LogP contribution in [0.15, 0.2) is 54.9 Å². The highest BCUT2D eigenvalue weighted by Crippen LogP contribution is 2.25. The van der Waals surface area contributed by atoms with Gasteiger partial charge in [-0.3, -0.25) is 9.67 Å². The quantitative estimate of drug-likeness (QED) is 0.698. The number of pyridine rings is 1. The van der Waals surface area contributed by atoms with Crippen LogP contribution in [-0.2, 0) is 24.2 Å². The third-order valence-electron chi connectivity index (χ3n) is 4.73. The van der Waals surface area contributed by atoms with Crippen LogP contribution in [0.5, 0.6) is 5.75 Å². The van der Waals surface area contributed by atoms with Gasteiger partial charge in [0.2, 0.25) is 0 Å². The van der Waals surface area contributed by atoms with Gasteiger partial charge in [-0.1, -0.05) is 18.2 Å². The van der Waals surface area contributed by atoms with E-state index in [1.54, 1.807) is 7.11 Å². The summed E-state index contributed by atoms with van der Waals surface area (Å²) in [6, 6.07) is 14.0. The van der Waals surface area contributed by atoms with Crippen LogP contribution in [0, 0.1) is 0 Å². The number of ether oxygens (including phenoxy) is 2. The van der Waals surface area contributed by atoms with E-state index in [9.17, 15) is 0 Å². The van der Waals surface area contributed by atoms with Gasteiger partial charge in [0.05, 0.1) is 31.6 Å². The molecule has 1 aromatic carbocycles. The van der Waals surface area contributed by atoms with Crippen molar-refractivity contribution in [2.24, 2.45) is 0 Å². The molecule has 0 saturated heterocycles. The Balaban J connectivity index is 1.37. The van der Waals surface area contributed by atoms with Crippen molar-refractivity contribution in [1.82, 2.24) is 20.1 Å². The van der Waals surface area contributed by atoms with Crippen molar-refractivity contribution in [3.05, 3.63) is 77.4 Å². The molecule has 6 heteroatoms. The van der Waals surface area contributed by atoms with Crippen LogP contribution in [0.25, 0.3) is 0 Å².